The van der Waals surface area contributed by atoms with E-state index in [-0.39, 0.29) is 18.2 Å². The van der Waals surface area contributed by atoms with Gasteiger partial charge in [0.25, 0.3) is 0 Å². The van der Waals surface area contributed by atoms with E-state index in [1.165, 1.54) is 0 Å². The number of benzene rings is 2. The van der Waals surface area contributed by atoms with Crippen molar-refractivity contribution < 1.29 is 29.0 Å². The first-order valence-electron chi connectivity index (χ1n) is 12.0. The molecule has 2 aromatic rings. The Bertz CT molecular complexity index is 1140. The molecule has 190 valence electrons. The number of aliphatic carboxylic acids is 1. The second-order valence-electron chi connectivity index (χ2n) is 9.01. The van der Waals surface area contributed by atoms with Crippen molar-refractivity contribution in [1.82, 2.24) is 0 Å². The molecule has 10 nitrogen and oxygen atoms in total. The third-order valence-electron chi connectivity index (χ3n) is 6.53. The summed E-state index contributed by atoms with van der Waals surface area (Å²) in [5, 5.41) is 11.9. The maximum Gasteiger partial charge on any atom is 0.329 e. The summed E-state index contributed by atoms with van der Waals surface area (Å²) in [7, 11) is 0. The number of piperidine rings is 2. The predicted molar refractivity (Wildman–Crippen MR) is 134 cm³/mol. The standard InChI is InChI=1S/C26H30N4O6/c27-25(34)17-4-3-5-20(14-17)29-13-11-21(36-16-24(32)33)15-22(29)26(35)28-18-7-9-19(10-8-18)30-12-2-1-6-23(30)31/h3-5,7-10,14,21-22H,1-2,6,11-13,15-16H2,(H2,27,34)(H,28,35)(H,32,33). The monoisotopic (exact) mass is 494 g/mol. The molecule has 2 unspecified atom stereocenters. The van der Waals surface area contributed by atoms with Gasteiger partial charge in [0.1, 0.15) is 12.6 Å². The lowest BCUT2D eigenvalue weighted by atomic mass is 9.97. The van der Waals surface area contributed by atoms with Gasteiger partial charge in [-0.05, 0) is 61.7 Å². The Labute approximate surface area is 209 Å². The lowest BCUT2D eigenvalue weighted by Crippen LogP contribution is -2.51. The van der Waals surface area contributed by atoms with Crippen molar-refractivity contribution in [3.8, 4) is 0 Å². The molecular formula is C26H30N4O6. The van der Waals surface area contributed by atoms with Gasteiger partial charge in [0.2, 0.25) is 17.7 Å². The number of nitrogens with two attached hydrogens (primary N) is 1. The summed E-state index contributed by atoms with van der Waals surface area (Å²) in [5.41, 5.74) is 7.81. The van der Waals surface area contributed by atoms with Gasteiger partial charge in [-0.3, -0.25) is 14.4 Å². The summed E-state index contributed by atoms with van der Waals surface area (Å²) < 4.78 is 5.50. The molecule has 3 amide bonds. The Hall–Kier alpha value is -3.92. The largest absolute Gasteiger partial charge is 0.480 e. The van der Waals surface area contributed by atoms with Crippen LogP contribution in [0.25, 0.3) is 0 Å². The van der Waals surface area contributed by atoms with E-state index in [0.29, 0.717) is 42.9 Å². The van der Waals surface area contributed by atoms with Crippen molar-refractivity contribution in [3.05, 3.63) is 54.1 Å². The molecular weight excluding hydrogens is 464 g/mol. The van der Waals surface area contributed by atoms with Gasteiger partial charge >= 0.3 is 5.97 Å². The number of ether oxygens (including phenoxy) is 1. The normalized spacial score (nSPS) is 20.2. The fourth-order valence-corrected chi connectivity index (χ4v) is 4.70. The molecule has 2 fully saturated rings. The van der Waals surface area contributed by atoms with Crippen LogP contribution in [0.1, 0.15) is 42.5 Å². The number of carboxylic acids is 1. The van der Waals surface area contributed by atoms with Crippen molar-refractivity contribution in [3.63, 3.8) is 0 Å². The van der Waals surface area contributed by atoms with Crippen molar-refractivity contribution >= 4 is 40.8 Å². The van der Waals surface area contributed by atoms with Gasteiger partial charge in [0.15, 0.2) is 0 Å². The summed E-state index contributed by atoms with van der Waals surface area (Å²) >= 11 is 0. The van der Waals surface area contributed by atoms with E-state index in [0.717, 1.165) is 18.5 Å². The summed E-state index contributed by atoms with van der Waals surface area (Å²) in [4.78, 5) is 51.9. The number of amides is 3. The van der Waals surface area contributed by atoms with Crippen molar-refractivity contribution in [2.75, 3.05) is 34.8 Å². The molecule has 0 spiro atoms. The molecule has 0 saturated carbocycles. The lowest BCUT2D eigenvalue weighted by Gasteiger charge is -2.40. The van der Waals surface area contributed by atoms with Crippen molar-refractivity contribution in [2.24, 2.45) is 5.73 Å². The molecule has 36 heavy (non-hydrogen) atoms. The van der Waals surface area contributed by atoms with Crippen LogP contribution in [-0.2, 0) is 19.1 Å². The van der Waals surface area contributed by atoms with Crippen molar-refractivity contribution in [1.29, 1.82) is 0 Å². The maximum absolute atomic E-state index is 13.4. The maximum atomic E-state index is 13.4. The number of carbonyl (C=O) groups excluding carboxylic acids is 3. The molecule has 0 aromatic heterocycles. The van der Waals surface area contributed by atoms with Gasteiger partial charge in [-0.15, -0.1) is 0 Å². The predicted octanol–water partition coefficient (Wildman–Crippen LogP) is 2.38. The number of carbonyl (C=O) groups is 4. The molecule has 2 atom stereocenters. The van der Waals surface area contributed by atoms with Crippen LogP contribution in [0.4, 0.5) is 17.1 Å². The average Bonchev–Trinajstić information content (AvgIpc) is 2.88. The molecule has 2 aliphatic rings. The van der Waals surface area contributed by atoms with Crippen LogP contribution in [0.3, 0.4) is 0 Å². The summed E-state index contributed by atoms with van der Waals surface area (Å²) in [5.74, 6) is -1.82. The Balaban J connectivity index is 1.51. The third-order valence-corrected chi connectivity index (χ3v) is 6.53. The second kappa shape index (κ2) is 11.2. The molecule has 2 saturated heterocycles. The minimum absolute atomic E-state index is 0.0986. The van der Waals surface area contributed by atoms with Crippen LogP contribution in [0, 0.1) is 0 Å². The summed E-state index contributed by atoms with van der Waals surface area (Å²) in [6.45, 7) is 0.678. The molecule has 4 rings (SSSR count). The minimum Gasteiger partial charge on any atom is -0.480 e. The number of carboxylic acid groups (broad SMARTS) is 1. The van der Waals surface area contributed by atoms with E-state index in [2.05, 4.69) is 5.32 Å². The summed E-state index contributed by atoms with van der Waals surface area (Å²) in [6, 6.07) is 13.2. The van der Waals surface area contributed by atoms with Gasteiger partial charge in [-0.2, -0.15) is 0 Å². The molecule has 2 aromatic carbocycles. The first-order chi connectivity index (χ1) is 17.3. The van der Waals surface area contributed by atoms with Gasteiger partial charge in [-0.25, -0.2) is 4.79 Å². The van der Waals surface area contributed by atoms with E-state index in [1.807, 2.05) is 17.0 Å². The quantitative estimate of drug-likeness (QED) is 0.511. The van der Waals surface area contributed by atoms with E-state index in [1.54, 1.807) is 41.3 Å². The van der Waals surface area contributed by atoms with Crippen LogP contribution in [0.15, 0.2) is 48.5 Å². The second-order valence-corrected chi connectivity index (χ2v) is 9.01. The number of nitrogens with zero attached hydrogens (tertiary/aromatic N) is 2. The van der Waals surface area contributed by atoms with Gasteiger partial charge < -0.3 is 30.7 Å². The zero-order valence-electron chi connectivity index (χ0n) is 19.9. The molecule has 4 N–H and O–H groups in total. The molecule has 2 heterocycles. The fourth-order valence-electron chi connectivity index (χ4n) is 4.70. The highest BCUT2D eigenvalue weighted by atomic mass is 16.5. The first-order valence-corrected chi connectivity index (χ1v) is 12.0. The van der Waals surface area contributed by atoms with Gasteiger partial charge in [0.05, 0.1) is 6.10 Å². The SMILES string of the molecule is NC(=O)c1cccc(N2CCC(OCC(=O)O)CC2C(=O)Nc2ccc(N3CCCCC3=O)cc2)c1. The van der Waals surface area contributed by atoms with Gasteiger partial charge in [0, 0.05) is 48.6 Å². The molecule has 2 aliphatic heterocycles. The fraction of sp³-hybridized carbons (Fsp3) is 0.385. The minimum atomic E-state index is -1.07. The topological polar surface area (TPSA) is 142 Å². The number of hydrogen-bond donors (Lipinski definition) is 3. The highest BCUT2D eigenvalue weighted by Crippen LogP contribution is 2.29. The van der Waals surface area contributed by atoms with Crippen LogP contribution in [0.5, 0.6) is 0 Å². The number of anilines is 3. The van der Waals surface area contributed by atoms with Crippen LogP contribution >= 0.6 is 0 Å². The zero-order valence-corrected chi connectivity index (χ0v) is 19.9. The lowest BCUT2D eigenvalue weighted by molar-refractivity contribution is -0.145. The van der Waals surface area contributed by atoms with E-state index >= 15 is 0 Å². The van der Waals surface area contributed by atoms with E-state index < -0.39 is 30.6 Å². The third kappa shape index (κ3) is 6.01. The highest BCUT2D eigenvalue weighted by molar-refractivity contribution is 5.99. The van der Waals surface area contributed by atoms with Crippen LogP contribution in [-0.4, -0.2) is 60.6 Å². The Morgan fingerprint density at radius 2 is 1.83 bits per heavy atom. The number of hydrogen-bond acceptors (Lipinski definition) is 6. The Morgan fingerprint density at radius 3 is 2.53 bits per heavy atom. The molecule has 10 heteroatoms. The smallest absolute Gasteiger partial charge is 0.329 e. The number of rotatable bonds is 8. The highest BCUT2D eigenvalue weighted by Gasteiger charge is 2.35. The average molecular weight is 495 g/mol. The first kappa shape index (κ1) is 25.2. The van der Waals surface area contributed by atoms with Crippen LogP contribution < -0.4 is 20.9 Å². The van der Waals surface area contributed by atoms with Crippen LogP contribution in [0.2, 0.25) is 0 Å². The Morgan fingerprint density at radius 1 is 1.06 bits per heavy atom. The molecule has 0 bridgehead atoms. The Kier molecular flexibility index (Phi) is 7.84. The summed E-state index contributed by atoms with van der Waals surface area (Å²) in [6.07, 6.45) is 2.80. The number of nitrogens with one attached hydrogen (secondary N) is 1. The molecule has 0 radical (unpaired) electrons. The number of primary amides is 1. The van der Waals surface area contributed by atoms with Gasteiger partial charge in [-0.1, -0.05) is 6.07 Å². The zero-order chi connectivity index (χ0) is 25.7. The van der Waals surface area contributed by atoms with Crippen molar-refractivity contribution in [2.45, 2.75) is 44.2 Å². The van der Waals surface area contributed by atoms with E-state index in [4.69, 9.17) is 15.6 Å². The van der Waals surface area contributed by atoms with E-state index in [9.17, 15) is 19.2 Å². The molecule has 0 aliphatic carbocycles.